The van der Waals surface area contributed by atoms with Gasteiger partial charge in [0.2, 0.25) is 5.95 Å². The largest absolute Gasteiger partial charge is 0.394 e. The fourth-order valence-electron chi connectivity index (χ4n) is 5.50. The number of anilines is 3. The smallest absolute Gasteiger partial charge is 0.271 e. The van der Waals surface area contributed by atoms with Crippen molar-refractivity contribution < 1.29 is 9.90 Å². The molecule has 226 valence electrons. The van der Waals surface area contributed by atoms with Crippen LogP contribution in [0.15, 0.2) is 60.9 Å². The van der Waals surface area contributed by atoms with E-state index in [2.05, 4.69) is 26.6 Å². The lowest BCUT2D eigenvalue weighted by atomic mass is 10.0. The molecule has 0 saturated carbocycles. The first-order valence-electron chi connectivity index (χ1n) is 14.6. The van der Waals surface area contributed by atoms with Crippen molar-refractivity contribution in [3.8, 4) is 11.3 Å². The summed E-state index contributed by atoms with van der Waals surface area (Å²) in [5.74, 6) is 0.267. The number of rotatable bonds is 7. The Hall–Kier alpha value is -3.63. The maximum absolute atomic E-state index is 13.6. The van der Waals surface area contributed by atoms with Gasteiger partial charge in [0.25, 0.3) is 5.91 Å². The Morgan fingerprint density at radius 3 is 2.56 bits per heavy atom. The summed E-state index contributed by atoms with van der Waals surface area (Å²) in [4.78, 5) is 26.9. The molecule has 1 fully saturated rings. The summed E-state index contributed by atoms with van der Waals surface area (Å²) in [5, 5.41) is 18.0. The molecule has 43 heavy (non-hydrogen) atoms. The maximum Gasteiger partial charge on any atom is 0.271 e. The van der Waals surface area contributed by atoms with Gasteiger partial charge in [-0.1, -0.05) is 49.2 Å². The zero-order chi connectivity index (χ0) is 30.5. The minimum absolute atomic E-state index is 0.150. The number of aliphatic hydroxyl groups is 1. The Balaban J connectivity index is 0.00000180. The molecule has 1 saturated heterocycles. The average molecular weight is 623 g/mol. The molecule has 4 heterocycles. The van der Waals surface area contributed by atoms with E-state index in [1.54, 1.807) is 23.2 Å². The van der Waals surface area contributed by atoms with E-state index in [0.29, 0.717) is 34.8 Å². The topological polar surface area (TPSA) is 98.6 Å². The molecule has 0 radical (unpaired) electrons. The SMILES string of the molecule is CC.Cc1cnc(Nc2ccc(N3CCNCC3)cc2Cl)nc1-c1cc2n(c1)CCN(C(CO)c1cccc(Cl)c1)C2=O. The summed E-state index contributed by atoms with van der Waals surface area (Å²) >= 11 is 12.8. The average Bonchev–Trinajstić information content (AvgIpc) is 3.47. The normalized spacial score (nSPS) is 15.4. The first-order valence-corrected chi connectivity index (χ1v) is 15.4. The molecule has 2 aliphatic rings. The van der Waals surface area contributed by atoms with Crippen LogP contribution in [-0.4, -0.2) is 69.8 Å². The molecule has 2 aromatic heterocycles. The third kappa shape index (κ3) is 6.65. The second kappa shape index (κ2) is 13.8. The van der Waals surface area contributed by atoms with Gasteiger partial charge in [-0.25, -0.2) is 9.97 Å². The number of benzene rings is 2. The third-order valence-corrected chi connectivity index (χ3v) is 8.22. The molecular weight excluding hydrogens is 585 g/mol. The van der Waals surface area contributed by atoms with E-state index in [9.17, 15) is 9.90 Å². The minimum Gasteiger partial charge on any atom is -0.394 e. The van der Waals surface area contributed by atoms with Crippen LogP contribution in [0.4, 0.5) is 17.3 Å². The summed E-state index contributed by atoms with van der Waals surface area (Å²) in [5.41, 5.74) is 5.59. The van der Waals surface area contributed by atoms with Crippen LogP contribution in [0.2, 0.25) is 10.0 Å². The highest BCUT2D eigenvalue weighted by Gasteiger charge is 2.32. The molecule has 1 unspecified atom stereocenters. The van der Waals surface area contributed by atoms with Crippen molar-refractivity contribution in [2.75, 3.05) is 49.5 Å². The van der Waals surface area contributed by atoms with E-state index in [0.717, 1.165) is 59.9 Å². The number of carbonyl (C=O) groups excluding carboxylic acids is 1. The van der Waals surface area contributed by atoms with Crippen molar-refractivity contribution in [3.63, 3.8) is 0 Å². The monoisotopic (exact) mass is 621 g/mol. The highest BCUT2D eigenvalue weighted by Crippen LogP contribution is 2.33. The fraction of sp³-hybridized carbons (Fsp3) is 0.344. The van der Waals surface area contributed by atoms with Crippen molar-refractivity contribution in [2.45, 2.75) is 33.4 Å². The minimum atomic E-state index is -0.479. The molecule has 0 aliphatic carbocycles. The molecule has 1 amide bonds. The molecule has 3 N–H and O–H groups in total. The number of aryl methyl sites for hydroxylation is 1. The zero-order valence-electron chi connectivity index (χ0n) is 24.6. The number of carbonyl (C=O) groups is 1. The molecular formula is C32H37Cl2N7O2. The van der Waals surface area contributed by atoms with Crippen LogP contribution in [0.1, 0.15) is 41.5 Å². The van der Waals surface area contributed by atoms with Gasteiger partial charge in [0, 0.05) is 67.9 Å². The van der Waals surface area contributed by atoms with Crippen molar-refractivity contribution in [1.82, 2.24) is 24.8 Å². The van der Waals surface area contributed by atoms with Gasteiger partial charge in [-0.3, -0.25) is 4.79 Å². The van der Waals surface area contributed by atoms with Crippen LogP contribution in [0, 0.1) is 6.92 Å². The van der Waals surface area contributed by atoms with Crippen LogP contribution < -0.4 is 15.5 Å². The van der Waals surface area contributed by atoms with Crippen molar-refractivity contribution in [1.29, 1.82) is 0 Å². The molecule has 4 aromatic rings. The van der Waals surface area contributed by atoms with Crippen molar-refractivity contribution >= 4 is 46.4 Å². The summed E-state index contributed by atoms with van der Waals surface area (Å²) in [7, 11) is 0. The lowest BCUT2D eigenvalue weighted by molar-refractivity contribution is 0.0526. The molecule has 9 nitrogen and oxygen atoms in total. The molecule has 0 spiro atoms. The van der Waals surface area contributed by atoms with E-state index in [1.165, 1.54) is 0 Å². The second-order valence-corrected chi connectivity index (χ2v) is 11.2. The van der Waals surface area contributed by atoms with Crippen molar-refractivity contribution in [3.05, 3.63) is 87.8 Å². The van der Waals surface area contributed by atoms with Gasteiger partial charge in [0.05, 0.1) is 29.1 Å². The fourth-order valence-corrected chi connectivity index (χ4v) is 5.92. The summed E-state index contributed by atoms with van der Waals surface area (Å²) in [6, 6.07) is 14.6. The number of hydrogen-bond acceptors (Lipinski definition) is 7. The van der Waals surface area contributed by atoms with Gasteiger partial charge in [0.1, 0.15) is 5.69 Å². The number of aliphatic hydroxyl groups excluding tert-OH is 1. The predicted octanol–water partition coefficient (Wildman–Crippen LogP) is 5.93. The van der Waals surface area contributed by atoms with Gasteiger partial charge in [-0.2, -0.15) is 0 Å². The highest BCUT2D eigenvalue weighted by atomic mass is 35.5. The number of hydrogen-bond donors (Lipinski definition) is 3. The van der Waals surface area contributed by atoms with Gasteiger partial charge in [-0.05, 0) is 54.4 Å². The molecule has 2 aliphatic heterocycles. The second-order valence-electron chi connectivity index (χ2n) is 10.3. The quantitative estimate of drug-likeness (QED) is 0.235. The number of amides is 1. The Bertz CT molecular complexity index is 1590. The highest BCUT2D eigenvalue weighted by molar-refractivity contribution is 6.33. The summed E-state index contributed by atoms with van der Waals surface area (Å²) in [6.07, 6.45) is 3.71. The Morgan fingerprint density at radius 1 is 1.05 bits per heavy atom. The number of halogens is 2. The summed E-state index contributed by atoms with van der Waals surface area (Å²) < 4.78 is 1.95. The van der Waals surface area contributed by atoms with Gasteiger partial charge < -0.3 is 30.1 Å². The van der Waals surface area contributed by atoms with Crippen LogP contribution >= 0.6 is 23.2 Å². The molecule has 6 rings (SSSR count). The van der Waals surface area contributed by atoms with Crippen LogP contribution in [0.5, 0.6) is 0 Å². The lowest BCUT2D eigenvalue weighted by Gasteiger charge is -2.34. The van der Waals surface area contributed by atoms with E-state index < -0.39 is 6.04 Å². The van der Waals surface area contributed by atoms with E-state index in [-0.39, 0.29) is 12.5 Å². The first-order chi connectivity index (χ1) is 20.9. The molecule has 11 heteroatoms. The van der Waals surface area contributed by atoms with E-state index >= 15 is 0 Å². The predicted molar refractivity (Wildman–Crippen MR) is 174 cm³/mol. The van der Waals surface area contributed by atoms with Crippen molar-refractivity contribution in [2.24, 2.45) is 0 Å². The Kier molecular flexibility index (Phi) is 9.87. The van der Waals surface area contributed by atoms with E-state index in [1.807, 2.05) is 61.9 Å². The van der Waals surface area contributed by atoms with E-state index in [4.69, 9.17) is 28.2 Å². The maximum atomic E-state index is 13.6. The summed E-state index contributed by atoms with van der Waals surface area (Å²) in [6.45, 7) is 10.6. The van der Waals surface area contributed by atoms with Gasteiger partial charge in [0.15, 0.2) is 0 Å². The number of fused-ring (bicyclic) bond motifs is 1. The third-order valence-electron chi connectivity index (χ3n) is 7.67. The standard InChI is InChI=1S/C30H31Cl2N7O2.C2H6/c1-19-16-34-30(35-25-6-5-23(15-24(25)32)37-9-7-33-8-10-37)36-28(19)21-14-26-29(41)39(12-11-38(26)17-21)27(18-40)20-3-2-4-22(31)13-20;1-2/h2-6,13-17,27,33,40H,7-12,18H2,1H3,(H,34,35,36);1-2H3. The Labute approximate surface area is 262 Å². The van der Waals surface area contributed by atoms with Gasteiger partial charge in [-0.15, -0.1) is 0 Å². The Morgan fingerprint density at radius 2 is 1.84 bits per heavy atom. The number of piperazine rings is 1. The van der Waals surface area contributed by atoms with Gasteiger partial charge >= 0.3 is 0 Å². The lowest BCUT2D eigenvalue weighted by Crippen LogP contribution is -2.43. The number of aromatic nitrogens is 3. The van der Waals surface area contributed by atoms with Crippen LogP contribution in [0.25, 0.3) is 11.3 Å². The number of nitrogens with zero attached hydrogens (tertiary/aromatic N) is 5. The molecule has 1 atom stereocenters. The molecule has 2 aromatic carbocycles. The first kappa shape index (κ1) is 30.8. The number of nitrogens with one attached hydrogen (secondary N) is 2. The zero-order valence-corrected chi connectivity index (χ0v) is 26.2. The van der Waals surface area contributed by atoms with Crippen LogP contribution in [-0.2, 0) is 6.54 Å². The molecule has 0 bridgehead atoms. The van der Waals surface area contributed by atoms with Crippen LogP contribution in [0.3, 0.4) is 0 Å².